The number of nitrogens with zero attached hydrogens (tertiary/aromatic N) is 2. The van der Waals surface area contributed by atoms with E-state index in [4.69, 9.17) is 0 Å². The van der Waals surface area contributed by atoms with Gasteiger partial charge in [0.15, 0.2) is 0 Å². The Morgan fingerprint density at radius 3 is 2.94 bits per heavy atom. The lowest BCUT2D eigenvalue weighted by molar-refractivity contribution is 0.0930. The van der Waals surface area contributed by atoms with Crippen molar-refractivity contribution in [1.29, 1.82) is 0 Å². The summed E-state index contributed by atoms with van der Waals surface area (Å²) in [6.07, 6.45) is 3.80. The lowest BCUT2D eigenvalue weighted by atomic mass is 10.1. The highest BCUT2D eigenvalue weighted by molar-refractivity contribution is 5.95. The molecule has 1 aromatic heterocycles. The van der Waals surface area contributed by atoms with E-state index in [0.717, 1.165) is 31.6 Å². The summed E-state index contributed by atoms with van der Waals surface area (Å²) in [5, 5.41) is 10.4. The molecular weight excluding hydrogens is 240 g/mol. The molecular formula is C11H19ClN4O. The minimum Gasteiger partial charge on any atom is -0.348 e. The first-order chi connectivity index (χ1) is 7.68. The van der Waals surface area contributed by atoms with Crippen LogP contribution in [-0.2, 0) is 7.05 Å². The summed E-state index contributed by atoms with van der Waals surface area (Å²) in [6.45, 7) is 3.82. The molecule has 1 aliphatic rings. The molecule has 1 saturated heterocycles. The van der Waals surface area contributed by atoms with E-state index in [1.165, 1.54) is 0 Å². The fourth-order valence-corrected chi connectivity index (χ4v) is 1.96. The van der Waals surface area contributed by atoms with Crippen LogP contribution in [0.4, 0.5) is 0 Å². The van der Waals surface area contributed by atoms with Crippen molar-refractivity contribution in [3.8, 4) is 0 Å². The number of carbonyl (C=O) groups excluding carboxylic acids is 1. The van der Waals surface area contributed by atoms with Crippen molar-refractivity contribution in [3.05, 3.63) is 17.5 Å². The summed E-state index contributed by atoms with van der Waals surface area (Å²) < 4.78 is 1.72. The second kappa shape index (κ2) is 6.02. The Labute approximate surface area is 107 Å². The molecule has 1 aliphatic heterocycles. The number of halogens is 1. The lowest BCUT2D eigenvalue weighted by Gasteiger charge is -2.23. The predicted molar refractivity (Wildman–Crippen MR) is 68.6 cm³/mol. The maximum Gasteiger partial charge on any atom is 0.255 e. The number of nitrogens with one attached hydrogen (secondary N) is 2. The Morgan fingerprint density at radius 2 is 2.41 bits per heavy atom. The van der Waals surface area contributed by atoms with Crippen LogP contribution in [0.5, 0.6) is 0 Å². The third-order valence-electron chi connectivity index (χ3n) is 3.11. The highest BCUT2D eigenvalue weighted by Crippen LogP contribution is 2.07. The van der Waals surface area contributed by atoms with Gasteiger partial charge >= 0.3 is 0 Å². The van der Waals surface area contributed by atoms with Crippen LogP contribution in [0.2, 0.25) is 0 Å². The van der Waals surface area contributed by atoms with Crippen LogP contribution < -0.4 is 10.6 Å². The highest BCUT2D eigenvalue weighted by Gasteiger charge is 2.18. The van der Waals surface area contributed by atoms with Crippen LogP contribution in [-0.4, -0.2) is 34.8 Å². The summed E-state index contributed by atoms with van der Waals surface area (Å²) in [7, 11) is 1.84. The van der Waals surface area contributed by atoms with Gasteiger partial charge in [0, 0.05) is 25.3 Å². The monoisotopic (exact) mass is 258 g/mol. The SMILES string of the molecule is Cc1c(C(=O)N[C@H]2CCCNC2)cnn1C.Cl. The first-order valence-electron chi connectivity index (χ1n) is 5.68. The van der Waals surface area contributed by atoms with Crippen LogP contribution in [0, 0.1) is 6.92 Å². The third-order valence-corrected chi connectivity index (χ3v) is 3.11. The van der Waals surface area contributed by atoms with E-state index in [0.29, 0.717) is 5.56 Å². The molecule has 1 aromatic rings. The number of piperidine rings is 1. The molecule has 0 unspecified atom stereocenters. The molecule has 1 atom stereocenters. The van der Waals surface area contributed by atoms with Crippen LogP contribution >= 0.6 is 12.4 Å². The van der Waals surface area contributed by atoms with Crippen molar-refractivity contribution in [2.75, 3.05) is 13.1 Å². The number of aryl methyl sites for hydroxylation is 1. The van der Waals surface area contributed by atoms with Gasteiger partial charge in [-0.1, -0.05) is 0 Å². The number of amides is 1. The molecule has 5 nitrogen and oxygen atoms in total. The molecule has 6 heteroatoms. The first-order valence-corrected chi connectivity index (χ1v) is 5.68. The summed E-state index contributed by atoms with van der Waals surface area (Å²) >= 11 is 0. The molecule has 2 heterocycles. The molecule has 2 N–H and O–H groups in total. The average Bonchev–Trinajstić information content (AvgIpc) is 2.61. The molecule has 0 radical (unpaired) electrons. The van der Waals surface area contributed by atoms with Gasteiger partial charge in [0.1, 0.15) is 0 Å². The third kappa shape index (κ3) is 3.20. The van der Waals surface area contributed by atoms with E-state index < -0.39 is 0 Å². The minimum atomic E-state index is -0.0145. The highest BCUT2D eigenvalue weighted by atomic mass is 35.5. The van der Waals surface area contributed by atoms with Crippen molar-refractivity contribution >= 4 is 18.3 Å². The normalized spacial score (nSPS) is 19.5. The summed E-state index contributed by atoms with van der Waals surface area (Å²) in [4.78, 5) is 12.0. The summed E-state index contributed by atoms with van der Waals surface area (Å²) in [6, 6.07) is 0.251. The van der Waals surface area contributed by atoms with Crippen molar-refractivity contribution in [2.24, 2.45) is 7.05 Å². The van der Waals surface area contributed by atoms with E-state index in [9.17, 15) is 4.79 Å². The van der Waals surface area contributed by atoms with E-state index in [1.54, 1.807) is 10.9 Å². The number of aromatic nitrogens is 2. The smallest absolute Gasteiger partial charge is 0.255 e. The van der Waals surface area contributed by atoms with Gasteiger partial charge in [0.25, 0.3) is 5.91 Å². The number of hydrogen-bond acceptors (Lipinski definition) is 3. The van der Waals surface area contributed by atoms with E-state index in [-0.39, 0.29) is 24.4 Å². The standard InChI is InChI=1S/C11H18N4O.ClH/c1-8-10(7-13-15(8)2)11(16)14-9-4-3-5-12-6-9;/h7,9,12H,3-6H2,1-2H3,(H,14,16);1H/t9-;/m0./s1. The fraction of sp³-hybridized carbons (Fsp3) is 0.636. The van der Waals surface area contributed by atoms with Crippen LogP contribution in [0.3, 0.4) is 0 Å². The second-order valence-corrected chi connectivity index (χ2v) is 4.28. The largest absolute Gasteiger partial charge is 0.348 e. The molecule has 1 fully saturated rings. The molecule has 0 saturated carbocycles. The van der Waals surface area contributed by atoms with Crippen molar-refractivity contribution in [1.82, 2.24) is 20.4 Å². The van der Waals surface area contributed by atoms with Gasteiger partial charge < -0.3 is 10.6 Å². The van der Waals surface area contributed by atoms with E-state index in [2.05, 4.69) is 15.7 Å². The van der Waals surface area contributed by atoms with Crippen LogP contribution in [0.25, 0.3) is 0 Å². The first kappa shape index (κ1) is 14.0. The maximum atomic E-state index is 12.0. The van der Waals surface area contributed by atoms with Gasteiger partial charge in [-0.25, -0.2) is 0 Å². The van der Waals surface area contributed by atoms with Gasteiger partial charge in [-0.15, -0.1) is 12.4 Å². The maximum absolute atomic E-state index is 12.0. The van der Waals surface area contributed by atoms with E-state index >= 15 is 0 Å². The topological polar surface area (TPSA) is 59.0 Å². The summed E-state index contributed by atoms with van der Waals surface area (Å²) in [5.41, 5.74) is 1.58. The molecule has 2 rings (SSSR count). The molecule has 0 aromatic carbocycles. The van der Waals surface area contributed by atoms with Crippen LogP contribution in [0.15, 0.2) is 6.20 Å². The zero-order chi connectivity index (χ0) is 11.5. The Hall–Kier alpha value is -1.07. The number of hydrogen-bond donors (Lipinski definition) is 2. The second-order valence-electron chi connectivity index (χ2n) is 4.28. The Balaban J connectivity index is 0.00000144. The van der Waals surface area contributed by atoms with Gasteiger partial charge in [-0.05, 0) is 26.3 Å². The van der Waals surface area contributed by atoms with Gasteiger partial charge in [0.05, 0.1) is 11.8 Å². The van der Waals surface area contributed by atoms with Gasteiger partial charge in [0.2, 0.25) is 0 Å². The Bertz CT molecular complexity index is 385. The van der Waals surface area contributed by atoms with Gasteiger partial charge in [-0.3, -0.25) is 9.48 Å². The van der Waals surface area contributed by atoms with Crippen molar-refractivity contribution in [2.45, 2.75) is 25.8 Å². The number of carbonyl (C=O) groups is 1. The molecule has 1 amide bonds. The molecule has 0 bridgehead atoms. The zero-order valence-corrected chi connectivity index (χ0v) is 11.0. The van der Waals surface area contributed by atoms with E-state index in [1.807, 2.05) is 14.0 Å². The fourth-order valence-electron chi connectivity index (χ4n) is 1.96. The van der Waals surface area contributed by atoms with Crippen LogP contribution in [0.1, 0.15) is 28.9 Å². The predicted octanol–water partition coefficient (Wildman–Crippen LogP) is 0.632. The van der Waals surface area contributed by atoms with Gasteiger partial charge in [-0.2, -0.15) is 5.10 Å². The Kier molecular flexibility index (Phi) is 4.96. The lowest BCUT2D eigenvalue weighted by Crippen LogP contribution is -2.45. The zero-order valence-electron chi connectivity index (χ0n) is 10.2. The minimum absolute atomic E-state index is 0. The van der Waals surface area contributed by atoms with Crippen molar-refractivity contribution < 1.29 is 4.79 Å². The average molecular weight is 259 g/mol. The number of rotatable bonds is 2. The molecule has 0 spiro atoms. The quantitative estimate of drug-likeness (QED) is 0.818. The molecule has 96 valence electrons. The molecule has 17 heavy (non-hydrogen) atoms. The summed E-state index contributed by atoms with van der Waals surface area (Å²) in [5.74, 6) is -0.0145. The molecule has 0 aliphatic carbocycles. The van der Waals surface area contributed by atoms with Crippen molar-refractivity contribution in [3.63, 3.8) is 0 Å². The Morgan fingerprint density at radius 1 is 1.65 bits per heavy atom.